The SMILES string of the molecule is CS(=O)(=O)N1CCC(O)(CN2CCC(Cn3nc4c(cc3=O)CCCC4)CC2)C1. The summed E-state index contributed by atoms with van der Waals surface area (Å²) in [5, 5.41) is 15.5. The fraction of sp³-hybridized carbons (Fsp3) is 0.800. The van der Waals surface area contributed by atoms with Crippen LogP contribution in [0.5, 0.6) is 0 Å². The molecule has 4 rings (SSSR count). The third-order valence-corrected chi connectivity index (χ3v) is 7.95. The molecule has 0 saturated carbocycles. The van der Waals surface area contributed by atoms with Crippen LogP contribution in [0.25, 0.3) is 0 Å². The van der Waals surface area contributed by atoms with Crippen molar-refractivity contribution in [3.63, 3.8) is 0 Å². The lowest BCUT2D eigenvalue weighted by Crippen LogP contribution is -2.48. The van der Waals surface area contributed by atoms with E-state index in [0.717, 1.165) is 62.9 Å². The van der Waals surface area contributed by atoms with E-state index in [1.165, 1.54) is 10.6 Å². The minimum atomic E-state index is -3.25. The largest absolute Gasteiger partial charge is 0.387 e. The Hall–Kier alpha value is -1.29. The molecule has 0 aromatic carbocycles. The Labute approximate surface area is 172 Å². The Kier molecular flexibility index (Phi) is 5.85. The highest BCUT2D eigenvalue weighted by Crippen LogP contribution is 2.27. The van der Waals surface area contributed by atoms with Crippen LogP contribution in [0.15, 0.2) is 10.9 Å². The maximum absolute atomic E-state index is 12.4. The Morgan fingerprint density at radius 3 is 2.62 bits per heavy atom. The van der Waals surface area contributed by atoms with Crippen molar-refractivity contribution in [2.45, 2.75) is 57.1 Å². The first-order valence-electron chi connectivity index (χ1n) is 10.7. The number of fused-ring (bicyclic) bond motifs is 1. The highest BCUT2D eigenvalue weighted by atomic mass is 32.2. The summed E-state index contributed by atoms with van der Waals surface area (Å²) in [6, 6.07) is 1.78. The molecule has 3 heterocycles. The first-order valence-corrected chi connectivity index (χ1v) is 12.6. The molecule has 2 saturated heterocycles. The maximum atomic E-state index is 12.4. The van der Waals surface area contributed by atoms with Gasteiger partial charge in [0.25, 0.3) is 5.56 Å². The summed E-state index contributed by atoms with van der Waals surface area (Å²) < 4.78 is 26.5. The molecule has 0 amide bonds. The van der Waals surface area contributed by atoms with E-state index in [-0.39, 0.29) is 12.1 Å². The van der Waals surface area contributed by atoms with E-state index >= 15 is 0 Å². The number of aliphatic hydroxyl groups is 1. The first-order chi connectivity index (χ1) is 13.7. The monoisotopic (exact) mass is 424 g/mol. The minimum absolute atomic E-state index is 0.00853. The number of piperidine rings is 1. The smallest absolute Gasteiger partial charge is 0.267 e. The van der Waals surface area contributed by atoms with Crippen LogP contribution in [0.4, 0.5) is 0 Å². The molecular formula is C20H32N4O4S. The molecule has 1 N–H and O–H groups in total. The zero-order valence-corrected chi connectivity index (χ0v) is 18.0. The predicted octanol–water partition coefficient (Wildman–Crippen LogP) is 0.231. The highest BCUT2D eigenvalue weighted by Gasteiger charge is 2.41. The van der Waals surface area contributed by atoms with Crippen LogP contribution in [0.1, 0.15) is 43.4 Å². The number of β-amino-alcohol motifs (C(OH)–C–C–N with tert-alkyl or cyclic N) is 1. The van der Waals surface area contributed by atoms with Crippen molar-refractivity contribution >= 4 is 10.0 Å². The number of rotatable bonds is 5. The van der Waals surface area contributed by atoms with Gasteiger partial charge in [-0.2, -0.15) is 9.40 Å². The van der Waals surface area contributed by atoms with Gasteiger partial charge in [-0.25, -0.2) is 13.1 Å². The van der Waals surface area contributed by atoms with E-state index in [9.17, 15) is 18.3 Å². The predicted molar refractivity (Wildman–Crippen MR) is 110 cm³/mol. The molecule has 1 aliphatic carbocycles. The van der Waals surface area contributed by atoms with E-state index < -0.39 is 15.6 Å². The molecule has 0 bridgehead atoms. The molecule has 1 unspecified atom stereocenters. The van der Waals surface area contributed by atoms with E-state index in [0.29, 0.717) is 32.0 Å². The Balaban J connectivity index is 1.31. The molecule has 0 spiro atoms. The molecule has 9 heteroatoms. The Bertz CT molecular complexity index is 908. The van der Waals surface area contributed by atoms with Gasteiger partial charge in [0.1, 0.15) is 0 Å². The quantitative estimate of drug-likeness (QED) is 0.727. The normalized spacial score (nSPS) is 27.2. The van der Waals surface area contributed by atoms with Gasteiger partial charge >= 0.3 is 0 Å². The summed E-state index contributed by atoms with van der Waals surface area (Å²) in [6.45, 7) is 3.44. The topological polar surface area (TPSA) is 95.7 Å². The number of aromatic nitrogens is 2. The van der Waals surface area contributed by atoms with E-state index in [1.54, 1.807) is 10.7 Å². The van der Waals surface area contributed by atoms with Crippen molar-refractivity contribution in [2.75, 3.05) is 39.0 Å². The summed E-state index contributed by atoms with van der Waals surface area (Å²) in [4.78, 5) is 14.6. The van der Waals surface area contributed by atoms with Gasteiger partial charge in [-0.1, -0.05) is 0 Å². The van der Waals surface area contributed by atoms with Crippen LogP contribution < -0.4 is 5.56 Å². The summed E-state index contributed by atoms with van der Waals surface area (Å²) in [7, 11) is -3.25. The summed E-state index contributed by atoms with van der Waals surface area (Å²) in [5.41, 5.74) is 1.26. The minimum Gasteiger partial charge on any atom is -0.387 e. The van der Waals surface area contributed by atoms with Crippen molar-refractivity contribution in [1.82, 2.24) is 19.0 Å². The van der Waals surface area contributed by atoms with Gasteiger partial charge in [0.15, 0.2) is 0 Å². The van der Waals surface area contributed by atoms with Gasteiger partial charge in [0.05, 0.1) is 17.6 Å². The van der Waals surface area contributed by atoms with Crippen molar-refractivity contribution in [1.29, 1.82) is 0 Å². The molecule has 0 radical (unpaired) electrons. The van der Waals surface area contributed by atoms with Gasteiger partial charge < -0.3 is 10.0 Å². The number of nitrogens with zero attached hydrogens (tertiary/aromatic N) is 4. The van der Waals surface area contributed by atoms with Crippen LogP contribution in [0.2, 0.25) is 0 Å². The molecule has 162 valence electrons. The fourth-order valence-electron chi connectivity index (χ4n) is 4.95. The molecule has 2 fully saturated rings. The Morgan fingerprint density at radius 1 is 1.21 bits per heavy atom. The van der Waals surface area contributed by atoms with Crippen molar-refractivity contribution < 1.29 is 13.5 Å². The summed E-state index contributed by atoms with van der Waals surface area (Å²) in [5.74, 6) is 0.406. The third kappa shape index (κ3) is 4.90. The number of hydrogen-bond donors (Lipinski definition) is 1. The fourth-order valence-corrected chi connectivity index (χ4v) is 5.85. The molecule has 1 aromatic rings. The lowest BCUT2D eigenvalue weighted by atomic mass is 9.94. The van der Waals surface area contributed by atoms with Crippen molar-refractivity contribution in [3.05, 3.63) is 27.7 Å². The molecule has 2 aliphatic heterocycles. The lowest BCUT2D eigenvalue weighted by Gasteiger charge is -2.36. The van der Waals surface area contributed by atoms with Crippen molar-refractivity contribution in [3.8, 4) is 0 Å². The van der Waals surface area contributed by atoms with Gasteiger partial charge in [-0.3, -0.25) is 4.79 Å². The van der Waals surface area contributed by atoms with Gasteiger partial charge in [0.2, 0.25) is 10.0 Å². The molecular weight excluding hydrogens is 392 g/mol. The summed E-state index contributed by atoms with van der Waals surface area (Å²) in [6.07, 6.45) is 7.82. The number of likely N-dealkylation sites (tertiary alicyclic amines) is 1. The van der Waals surface area contributed by atoms with E-state index in [1.807, 2.05) is 0 Å². The first kappa shape index (κ1) is 21.0. The second-order valence-corrected chi connectivity index (χ2v) is 11.1. The average Bonchev–Trinajstić information content (AvgIpc) is 3.06. The van der Waals surface area contributed by atoms with Crippen LogP contribution >= 0.6 is 0 Å². The standard InChI is InChI=1S/C20H32N4O4S/c1-29(27,28)23-11-8-20(26,15-23)14-22-9-6-16(7-10-22)13-24-19(25)12-17-4-2-3-5-18(17)21-24/h12,16,26H,2-11,13-15H2,1H3. The molecule has 3 aliphatic rings. The zero-order chi connectivity index (χ0) is 20.6. The number of hydrogen-bond acceptors (Lipinski definition) is 6. The van der Waals surface area contributed by atoms with E-state index in [4.69, 9.17) is 0 Å². The van der Waals surface area contributed by atoms with Crippen molar-refractivity contribution in [2.24, 2.45) is 5.92 Å². The lowest BCUT2D eigenvalue weighted by molar-refractivity contribution is 0.00581. The highest BCUT2D eigenvalue weighted by molar-refractivity contribution is 7.88. The molecule has 1 aromatic heterocycles. The Morgan fingerprint density at radius 2 is 1.93 bits per heavy atom. The zero-order valence-electron chi connectivity index (χ0n) is 17.2. The third-order valence-electron chi connectivity index (χ3n) is 6.70. The van der Waals surface area contributed by atoms with Gasteiger partial charge in [-0.05, 0) is 69.5 Å². The maximum Gasteiger partial charge on any atom is 0.267 e. The van der Waals surface area contributed by atoms with E-state index in [2.05, 4.69) is 10.00 Å². The van der Waals surface area contributed by atoms with Crippen LogP contribution in [-0.2, 0) is 29.4 Å². The molecule has 29 heavy (non-hydrogen) atoms. The van der Waals surface area contributed by atoms with Crippen LogP contribution in [0.3, 0.4) is 0 Å². The molecule has 8 nitrogen and oxygen atoms in total. The molecule has 1 atom stereocenters. The summed E-state index contributed by atoms with van der Waals surface area (Å²) >= 11 is 0. The number of sulfonamides is 1. The number of aryl methyl sites for hydroxylation is 2. The second-order valence-electron chi connectivity index (χ2n) is 9.13. The van der Waals surface area contributed by atoms with Crippen LogP contribution in [-0.4, -0.2) is 77.1 Å². The van der Waals surface area contributed by atoms with Gasteiger partial charge in [0, 0.05) is 32.2 Å². The van der Waals surface area contributed by atoms with Gasteiger partial charge in [-0.15, -0.1) is 0 Å². The average molecular weight is 425 g/mol. The van der Waals surface area contributed by atoms with Crippen LogP contribution in [0, 0.1) is 5.92 Å². The second kappa shape index (κ2) is 8.09.